The number of nitrogens with one attached hydrogen (secondary N) is 4. The largest absolute Gasteiger partial charge is 0.497 e. The van der Waals surface area contributed by atoms with Crippen molar-refractivity contribution in [3.05, 3.63) is 54.1 Å². The summed E-state index contributed by atoms with van der Waals surface area (Å²) in [7, 11) is 3.36. The van der Waals surface area contributed by atoms with Crippen molar-refractivity contribution >= 4 is 41.7 Å². The summed E-state index contributed by atoms with van der Waals surface area (Å²) in [6.45, 7) is 7.01. The predicted molar refractivity (Wildman–Crippen MR) is 140 cm³/mol. The highest BCUT2D eigenvalue weighted by atomic mass is 127. The lowest BCUT2D eigenvalue weighted by Gasteiger charge is -2.18. The van der Waals surface area contributed by atoms with E-state index < -0.39 is 0 Å². The maximum Gasteiger partial charge on any atom is 0.319 e. The highest BCUT2D eigenvalue weighted by Crippen LogP contribution is 2.19. The number of aliphatic imine (C=N–C) groups is 1. The number of benzene rings is 2. The first-order valence-electron chi connectivity index (χ1n) is 10.3. The molecule has 4 N–H and O–H groups in total. The molecule has 0 bridgehead atoms. The fourth-order valence-electron chi connectivity index (χ4n) is 2.73. The molecule has 0 spiro atoms. The van der Waals surface area contributed by atoms with Gasteiger partial charge in [-0.15, -0.1) is 24.0 Å². The second-order valence-electron chi connectivity index (χ2n) is 7.36. The zero-order chi connectivity index (χ0) is 22.6. The highest BCUT2D eigenvalue weighted by molar-refractivity contribution is 14.0. The highest BCUT2D eigenvalue weighted by Gasteiger charge is 2.07. The molecule has 0 aliphatic rings. The normalized spacial score (nSPS) is 11.8. The maximum atomic E-state index is 11.8. The summed E-state index contributed by atoms with van der Waals surface area (Å²) < 4.78 is 11.1. The van der Waals surface area contributed by atoms with Crippen LogP contribution in [0.1, 0.15) is 26.3 Å². The van der Waals surface area contributed by atoms with Crippen molar-refractivity contribution in [2.75, 3.05) is 26.0 Å². The van der Waals surface area contributed by atoms with Gasteiger partial charge in [0, 0.05) is 31.4 Å². The van der Waals surface area contributed by atoms with Crippen LogP contribution in [0.3, 0.4) is 0 Å². The molecule has 32 heavy (non-hydrogen) atoms. The Morgan fingerprint density at radius 3 is 2.34 bits per heavy atom. The Morgan fingerprint density at radius 2 is 1.72 bits per heavy atom. The summed E-state index contributed by atoms with van der Waals surface area (Å²) in [5.41, 5.74) is 1.81. The van der Waals surface area contributed by atoms with Gasteiger partial charge in [-0.1, -0.05) is 18.2 Å². The van der Waals surface area contributed by atoms with Gasteiger partial charge in [0.05, 0.1) is 13.7 Å². The van der Waals surface area contributed by atoms with Crippen molar-refractivity contribution in [3.8, 4) is 11.5 Å². The molecule has 0 saturated carbocycles. The zero-order valence-corrected chi connectivity index (χ0v) is 21.6. The molecule has 1 atom stereocenters. The molecule has 0 saturated heterocycles. The van der Waals surface area contributed by atoms with Crippen molar-refractivity contribution in [2.24, 2.45) is 4.99 Å². The number of urea groups is 1. The molecule has 8 nitrogen and oxygen atoms in total. The van der Waals surface area contributed by atoms with Gasteiger partial charge in [0.1, 0.15) is 17.6 Å². The van der Waals surface area contributed by atoms with E-state index in [1.54, 1.807) is 14.2 Å². The quantitative estimate of drug-likeness (QED) is 0.213. The molecule has 1 unspecified atom stereocenters. The lowest BCUT2D eigenvalue weighted by molar-refractivity contribution is 0.223. The average molecular weight is 555 g/mol. The van der Waals surface area contributed by atoms with Gasteiger partial charge in [0.2, 0.25) is 0 Å². The van der Waals surface area contributed by atoms with Crippen LogP contribution in [0.2, 0.25) is 0 Å². The first-order chi connectivity index (χ1) is 14.9. The van der Waals surface area contributed by atoms with Crippen LogP contribution in [-0.4, -0.2) is 44.8 Å². The van der Waals surface area contributed by atoms with E-state index in [-0.39, 0.29) is 42.2 Å². The van der Waals surface area contributed by atoms with Gasteiger partial charge in [-0.25, -0.2) is 4.79 Å². The molecule has 0 aliphatic carbocycles. The maximum absolute atomic E-state index is 11.8. The van der Waals surface area contributed by atoms with Crippen LogP contribution in [0.15, 0.2) is 53.5 Å². The number of guanidine groups is 1. The molecule has 0 heterocycles. The number of hydrogen-bond acceptors (Lipinski definition) is 4. The summed E-state index contributed by atoms with van der Waals surface area (Å²) in [6, 6.07) is 15.1. The Morgan fingerprint density at radius 1 is 1.03 bits per heavy atom. The number of anilines is 1. The number of carbonyl (C=O) groups excluding carboxylic acids is 1. The van der Waals surface area contributed by atoms with E-state index >= 15 is 0 Å². The monoisotopic (exact) mass is 555 g/mol. The molecule has 9 heteroatoms. The predicted octanol–water partition coefficient (Wildman–Crippen LogP) is 3.98. The number of amides is 2. The summed E-state index contributed by atoms with van der Waals surface area (Å²) in [5.74, 6) is 2.20. The molecular formula is C23H34IN5O3. The average Bonchev–Trinajstić information content (AvgIpc) is 2.74. The number of methoxy groups -OCH3 is 1. The minimum Gasteiger partial charge on any atom is -0.497 e. The number of carbonyl (C=O) groups is 1. The van der Waals surface area contributed by atoms with E-state index in [0.29, 0.717) is 19.0 Å². The van der Waals surface area contributed by atoms with Crippen LogP contribution in [0.5, 0.6) is 11.5 Å². The van der Waals surface area contributed by atoms with Crippen LogP contribution in [0, 0.1) is 0 Å². The molecule has 2 aromatic carbocycles. The fraction of sp³-hybridized carbons (Fsp3) is 0.391. The molecule has 0 aromatic heterocycles. The van der Waals surface area contributed by atoms with Gasteiger partial charge in [-0.2, -0.15) is 0 Å². The van der Waals surface area contributed by atoms with E-state index in [1.165, 1.54) is 0 Å². The lowest BCUT2D eigenvalue weighted by atomic mass is 10.2. The third kappa shape index (κ3) is 10.1. The first-order valence-corrected chi connectivity index (χ1v) is 10.3. The van der Waals surface area contributed by atoms with Gasteiger partial charge >= 0.3 is 6.03 Å². The summed E-state index contributed by atoms with van der Waals surface area (Å²) in [4.78, 5) is 16.0. The Hall–Kier alpha value is -2.69. The third-order valence-electron chi connectivity index (χ3n) is 4.25. The summed E-state index contributed by atoms with van der Waals surface area (Å²) in [5, 5.41) is 12.1. The van der Waals surface area contributed by atoms with Crippen LogP contribution in [0.4, 0.5) is 10.5 Å². The van der Waals surface area contributed by atoms with Crippen LogP contribution in [0.25, 0.3) is 0 Å². The molecule has 176 valence electrons. The fourth-order valence-corrected chi connectivity index (χ4v) is 2.73. The minimum absolute atomic E-state index is 0. The number of rotatable bonds is 9. The second kappa shape index (κ2) is 14.4. The van der Waals surface area contributed by atoms with Gasteiger partial charge in [0.25, 0.3) is 0 Å². The molecule has 0 aliphatic heterocycles. The summed E-state index contributed by atoms with van der Waals surface area (Å²) >= 11 is 0. The van der Waals surface area contributed by atoms with E-state index in [0.717, 1.165) is 22.7 Å². The Bertz CT molecular complexity index is 859. The lowest BCUT2D eigenvalue weighted by Crippen LogP contribution is -2.41. The van der Waals surface area contributed by atoms with E-state index in [9.17, 15) is 4.79 Å². The first kappa shape index (κ1) is 27.3. The molecule has 2 aromatic rings. The van der Waals surface area contributed by atoms with Crippen LogP contribution >= 0.6 is 24.0 Å². The summed E-state index contributed by atoms with van der Waals surface area (Å²) in [6.07, 6.45) is -0.0620. The van der Waals surface area contributed by atoms with Gasteiger partial charge in [-0.05, 0) is 50.6 Å². The van der Waals surface area contributed by atoms with Crippen molar-refractivity contribution in [3.63, 3.8) is 0 Å². The number of nitrogens with zero attached hydrogens (tertiary/aromatic N) is 1. The van der Waals surface area contributed by atoms with E-state index in [2.05, 4.69) is 26.3 Å². The number of halogens is 1. The molecule has 2 amide bonds. The number of hydrogen-bond donors (Lipinski definition) is 4. The molecule has 0 radical (unpaired) electrons. The Labute approximate surface area is 207 Å². The second-order valence-corrected chi connectivity index (χ2v) is 7.36. The van der Waals surface area contributed by atoms with Gasteiger partial charge in [0.15, 0.2) is 5.96 Å². The third-order valence-corrected chi connectivity index (χ3v) is 4.25. The molecule has 0 fully saturated rings. The standard InChI is InChI=1S/C23H33N5O3.HI/c1-16(2)27-23(29)28-19-11-9-18(10-12-19)15-26-22(24-4)25-14-17(3)31-21-8-6-7-20(13-21)30-5;/h6-13,16-17H,14-15H2,1-5H3,(H2,24,25,26)(H2,27,28,29);1H. The number of ether oxygens (including phenoxy) is 2. The van der Waals surface area contributed by atoms with Crippen molar-refractivity contribution in [1.82, 2.24) is 16.0 Å². The smallest absolute Gasteiger partial charge is 0.319 e. The molecular weight excluding hydrogens is 521 g/mol. The Kier molecular flexibility index (Phi) is 12.3. The Balaban J connectivity index is 0.00000512. The van der Waals surface area contributed by atoms with E-state index in [4.69, 9.17) is 9.47 Å². The van der Waals surface area contributed by atoms with Crippen molar-refractivity contribution in [1.29, 1.82) is 0 Å². The van der Waals surface area contributed by atoms with Crippen molar-refractivity contribution < 1.29 is 14.3 Å². The topological polar surface area (TPSA) is 96.0 Å². The van der Waals surface area contributed by atoms with Gasteiger partial charge in [-0.3, -0.25) is 4.99 Å². The van der Waals surface area contributed by atoms with E-state index in [1.807, 2.05) is 69.3 Å². The minimum atomic E-state index is -0.212. The van der Waals surface area contributed by atoms with Crippen molar-refractivity contribution in [2.45, 2.75) is 39.5 Å². The zero-order valence-electron chi connectivity index (χ0n) is 19.3. The van der Waals surface area contributed by atoms with Gasteiger partial charge < -0.3 is 30.7 Å². The molecule has 2 rings (SSSR count). The van der Waals surface area contributed by atoms with Crippen LogP contribution < -0.4 is 30.7 Å². The SMILES string of the molecule is CN=C(NCc1ccc(NC(=O)NC(C)C)cc1)NCC(C)Oc1cccc(OC)c1.I. The van der Waals surface area contributed by atoms with Crippen LogP contribution in [-0.2, 0) is 6.54 Å².